The molecule has 1 unspecified atom stereocenters. The zero-order chi connectivity index (χ0) is 5.70. The Labute approximate surface area is 52.7 Å². The summed E-state index contributed by atoms with van der Waals surface area (Å²) in [6, 6.07) is 0. The quantitative estimate of drug-likeness (QED) is 0.430. The van der Waals surface area contributed by atoms with E-state index in [-0.39, 0.29) is 5.75 Å². The average Bonchev–Trinajstić information content (AvgIpc) is 1.61. The van der Waals surface area contributed by atoms with Crippen LogP contribution in [0.15, 0.2) is 0 Å². The minimum absolute atomic E-state index is 0.0920. The number of hydrogen-bond donors (Lipinski definition) is 0. The van der Waals surface area contributed by atoms with Gasteiger partial charge >= 0.3 is 0 Å². The van der Waals surface area contributed by atoms with Crippen molar-refractivity contribution in [2.75, 3.05) is 5.75 Å². The van der Waals surface area contributed by atoms with E-state index in [2.05, 4.69) is 26.7 Å². The van der Waals surface area contributed by atoms with Gasteiger partial charge in [-0.3, -0.25) is 4.21 Å². The van der Waals surface area contributed by atoms with Gasteiger partial charge in [0.05, 0.1) is 5.75 Å². The van der Waals surface area contributed by atoms with Crippen molar-refractivity contribution in [3.8, 4) is 10.8 Å². The maximum absolute atomic E-state index is 9.63. The van der Waals surface area contributed by atoms with E-state index >= 15 is 0 Å². The fraction of sp³-hybridized carbons (Fsp3) is 0.333. The van der Waals surface area contributed by atoms with Crippen LogP contribution in [0.25, 0.3) is 0 Å². The highest BCUT2D eigenvalue weighted by molar-refractivity contribution is 9.12. The maximum Gasteiger partial charge on any atom is 0.0724 e. The molecule has 40 valence electrons. The Bertz CT molecular complexity index is 123. The van der Waals surface area contributed by atoms with E-state index in [9.17, 15) is 8.76 Å². The molecule has 0 saturated carbocycles. The molecule has 2 nitrogen and oxygen atoms in total. The predicted octanol–water partition coefficient (Wildman–Crippen LogP) is 0.221. The Balaban J connectivity index is 3.26. The SMILES string of the molecule is O=S([O-])CC#CBr. The second-order valence-electron chi connectivity index (χ2n) is 0.719. The first-order valence-electron chi connectivity index (χ1n) is 1.41. The molecule has 0 amide bonds. The highest BCUT2D eigenvalue weighted by atomic mass is 79.9. The van der Waals surface area contributed by atoms with Crippen molar-refractivity contribution in [3.63, 3.8) is 0 Å². The first kappa shape index (κ1) is 7.15. The van der Waals surface area contributed by atoms with Crippen LogP contribution in [0.4, 0.5) is 0 Å². The van der Waals surface area contributed by atoms with Gasteiger partial charge in [0, 0.05) is 15.9 Å². The summed E-state index contributed by atoms with van der Waals surface area (Å²) in [7, 11) is 0. The van der Waals surface area contributed by atoms with E-state index in [0.29, 0.717) is 0 Å². The molecule has 1 atom stereocenters. The van der Waals surface area contributed by atoms with Gasteiger partial charge in [0.2, 0.25) is 0 Å². The monoisotopic (exact) mass is 181 g/mol. The smallest absolute Gasteiger partial charge is 0.0724 e. The van der Waals surface area contributed by atoms with E-state index in [4.69, 9.17) is 0 Å². The molecule has 0 heterocycles. The van der Waals surface area contributed by atoms with Crippen LogP contribution >= 0.6 is 15.9 Å². The molecule has 0 aliphatic heterocycles. The molecule has 0 saturated heterocycles. The van der Waals surface area contributed by atoms with Gasteiger partial charge in [-0.05, 0) is 15.9 Å². The summed E-state index contributed by atoms with van der Waals surface area (Å²) < 4.78 is 19.3. The second kappa shape index (κ2) is 4.31. The average molecular weight is 182 g/mol. The van der Waals surface area contributed by atoms with Gasteiger partial charge in [-0.25, -0.2) is 0 Å². The lowest BCUT2D eigenvalue weighted by molar-refractivity contribution is 0.540. The molecule has 0 aliphatic rings. The molecule has 0 aromatic heterocycles. The lowest BCUT2D eigenvalue weighted by Gasteiger charge is -1.93. The Morgan fingerprint density at radius 2 is 2.43 bits per heavy atom. The van der Waals surface area contributed by atoms with E-state index < -0.39 is 11.1 Å². The van der Waals surface area contributed by atoms with Crippen molar-refractivity contribution in [2.24, 2.45) is 0 Å². The van der Waals surface area contributed by atoms with Crippen LogP contribution in [0, 0.1) is 10.8 Å². The van der Waals surface area contributed by atoms with Gasteiger partial charge in [0.1, 0.15) is 0 Å². The van der Waals surface area contributed by atoms with Crippen molar-refractivity contribution in [3.05, 3.63) is 0 Å². The van der Waals surface area contributed by atoms with Crippen molar-refractivity contribution < 1.29 is 8.76 Å². The maximum atomic E-state index is 9.63. The van der Waals surface area contributed by atoms with E-state index in [1.54, 1.807) is 0 Å². The largest absolute Gasteiger partial charge is 0.772 e. The predicted molar refractivity (Wildman–Crippen MR) is 30.5 cm³/mol. The molecule has 0 bridgehead atoms. The van der Waals surface area contributed by atoms with Gasteiger partial charge < -0.3 is 4.55 Å². The van der Waals surface area contributed by atoms with Crippen molar-refractivity contribution in [2.45, 2.75) is 0 Å². The van der Waals surface area contributed by atoms with Crippen LogP contribution in [0.1, 0.15) is 0 Å². The fourth-order valence-corrected chi connectivity index (χ4v) is 0.602. The second-order valence-corrected chi connectivity index (χ2v) is 2.01. The fourth-order valence-electron chi connectivity index (χ4n) is 0.0862. The normalized spacial score (nSPS) is 11.7. The summed E-state index contributed by atoms with van der Waals surface area (Å²) in [4.78, 5) is 2.27. The van der Waals surface area contributed by atoms with Crippen molar-refractivity contribution in [1.29, 1.82) is 0 Å². The van der Waals surface area contributed by atoms with Crippen LogP contribution < -0.4 is 0 Å². The lowest BCUT2D eigenvalue weighted by Crippen LogP contribution is -1.89. The van der Waals surface area contributed by atoms with Crippen LogP contribution in [0.3, 0.4) is 0 Å². The summed E-state index contributed by atoms with van der Waals surface area (Å²) in [5.41, 5.74) is 0. The number of halogens is 1. The molecule has 0 aromatic carbocycles. The van der Waals surface area contributed by atoms with E-state index in [1.807, 2.05) is 0 Å². The summed E-state index contributed by atoms with van der Waals surface area (Å²) in [5.74, 6) is 2.21. The van der Waals surface area contributed by atoms with Gasteiger partial charge in [-0.2, -0.15) is 0 Å². The Hall–Kier alpha value is 0.150. The standard InChI is InChI=1S/C3H3BrO2S/c4-2-1-3-7(5)6/h3H2,(H,5,6)/p-1. The van der Waals surface area contributed by atoms with Crippen LogP contribution in [-0.2, 0) is 11.1 Å². The topological polar surface area (TPSA) is 40.1 Å². The first-order valence-corrected chi connectivity index (χ1v) is 3.45. The van der Waals surface area contributed by atoms with Crippen molar-refractivity contribution in [1.82, 2.24) is 0 Å². The molecule has 0 aromatic rings. The van der Waals surface area contributed by atoms with Gasteiger partial charge in [-0.1, -0.05) is 5.92 Å². The minimum atomic E-state index is -2.02. The van der Waals surface area contributed by atoms with Crippen molar-refractivity contribution >= 4 is 27.0 Å². The zero-order valence-electron chi connectivity index (χ0n) is 3.31. The zero-order valence-corrected chi connectivity index (χ0v) is 5.71. The Morgan fingerprint density at radius 3 is 2.57 bits per heavy atom. The van der Waals surface area contributed by atoms with Gasteiger partial charge in [0.15, 0.2) is 0 Å². The highest BCUT2D eigenvalue weighted by Crippen LogP contribution is 1.72. The summed E-state index contributed by atoms with van der Waals surface area (Å²) in [5, 5.41) is 0. The molecule has 0 aliphatic carbocycles. The van der Waals surface area contributed by atoms with Gasteiger partial charge in [0.25, 0.3) is 0 Å². The molecule has 7 heavy (non-hydrogen) atoms. The lowest BCUT2D eigenvalue weighted by atomic mass is 10.8. The molecule has 4 heteroatoms. The number of rotatable bonds is 1. The van der Waals surface area contributed by atoms with Crippen LogP contribution in [0.2, 0.25) is 0 Å². The van der Waals surface area contributed by atoms with Crippen LogP contribution in [0.5, 0.6) is 0 Å². The molecule has 0 radical (unpaired) electrons. The first-order chi connectivity index (χ1) is 3.27. The van der Waals surface area contributed by atoms with Crippen LogP contribution in [-0.4, -0.2) is 14.5 Å². The molecule has 0 rings (SSSR count). The van der Waals surface area contributed by atoms with E-state index in [0.717, 1.165) is 0 Å². The van der Waals surface area contributed by atoms with Gasteiger partial charge in [-0.15, -0.1) is 0 Å². The Kier molecular flexibility index (Phi) is 4.41. The molecular weight excluding hydrogens is 180 g/mol. The highest BCUT2D eigenvalue weighted by Gasteiger charge is 1.69. The third-order valence-corrected chi connectivity index (χ3v) is 0.917. The third-order valence-electron chi connectivity index (χ3n) is 0.257. The third kappa shape index (κ3) is 6.15. The van der Waals surface area contributed by atoms with E-state index in [1.165, 1.54) is 0 Å². The minimum Gasteiger partial charge on any atom is -0.772 e. The summed E-state index contributed by atoms with van der Waals surface area (Å²) >= 11 is 0.724. The summed E-state index contributed by atoms with van der Waals surface area (Å²) in [6.45, 7) is 0. The Morgan fingerprint density at radius 1 is 1.86 bits per heavy atom. The molecule has 0 fully saturated rings. The molecule has 0 spiro atoms. The molecular formula is C3H2BrO2S-. The number of hydrogen-bond acceptors (Lipinski definition) is 2. The molecule has 0 N–H and O–H groups in total. The summed E-state index contributed by atoms with van der Waals surface area (Å²) in [6.07, 6.45) is 0.